The van der Waals surface area contributed by atoms with Crippen molar-refractivity contribution in [1.29, 1.82) is 0 Å². The van der Waals surface area contributed by atoms with Crippen LogP contribution in [0.5, 0.6) is 0 Å². The van der Waals surface area contributed by atoms with Crippen LogP contribution >= 0.6 is 0 Å². The molecule has 2 atom stereocenters. The highest BCUT2D eigenvalue weighted by molar-refractivity contribution is 7.85. The molecule has 1 N–H and O–H groups in total. The molecule has 130 valence electrons. The molecule has 0 amide bonds. The Balaban J connectivity index is 3.38. The zero-order valence-corrected chi connectivity index (χ0v) is 14.1. The van der Waals surface area contributed by atoms with Crippen LogP contribution in [0.15, 0.2) is 28.7 Å². The van der Waals surface area contributed by atoms with Crippen molar-refractivity contribution in [2.45, 2.75) is 50.6 Å². The van der Waals surface area contributed by atoms with Gasteiger partial charge in [-0.15, -0.1) is 0 Å². The van der Waals surface area contributed by atoms with E-state index < -0.39 is 45.5 Å². The first-order chi connectivity index (χ1) is 10.3. The van der Waals surface area contributed by atoms with E-state index in [1.807, 2.05) is 0 Å². The molecule has 0 radical (unpaired) electrons. The molecule has 1 aromatic rings. The van der Waals surface area contributed by atoms with Gasteiger partial charge < -0.3 is 5.11 Å². The summed E-state index contributed by atoms with van der Waals surface area (Å²) in [5.41, 5.74) is -3.72. The molecule has 23 heavy (non-hydrogen) atoms. The van der Waals surface area contributed by atoms with Gasteiger partial charge in [0.2, 0.25) is 0 Å². The van der Waals surface area contributed by atoms with Crippen LogP contribution < -0.4 is 0 Å². The lowest BCUT2D eigenvalue weighted by Crippen LogP contribution is -2.44. The van der Waals surface area contributed by atoms with Gasteiger partial charge in [-0.25, -0.2) is 8.60 Å². The van der Waals surface area contributed by atoms with Crippen molar-refractivity contribution in [3.05, 3.63) is 35.6 Å². The van der Waals surface area contributed by atoms with Crippen molar-refractivity contribution >= 4 is 16.7 Å². The molecule has 0 heterocycles. The third kappa shape index (κ3) is 5.10. The van der Waals surface area contributed by atoms with Gasteiger partial charge in [-0.3, -0.25) is 0 Å². The number of benzene rings is 1. The summed E-state index contributed by atoms with van der Waals surface area (Å²) in [6, 6.07) is 5.10. The summed E-state index contributed by atoms with van der Waals surface area (Å²) in [6.07, 6.45) is -5.93. The zero-order valence-electron chi connectivity index (χ0n) is 13.2. The zero-order chi connectivity index (χ0) is 18.1. The Morgan fingerprint density at radius 1 is 1.17 bits per heavy atom. The first-order valence-electron chi connectivity index (χ1n) is 6.79. The number of rotatable bonds is 4. The molecule has 3 nitrogen and oxygen atoms in total. The van der Waals surface area contributed by atoms with Crippen LogP contribution in [0.3, 0.4) is 0 Å². The van der Waals surface area contributed by atoms with E-state index in [4.69, 9.17) is 0 Å². The fraction of sp³-hybridized carbons (Fsp3) is 0.533. The van der Waals surface area contributed by atoms with Gasteiger partial charge in [0.1, 0.15) is 16.8 Å². The smallest absolute Gasteiger partial charge is 0.380 e. The first-order valence-corrected chi connectivity index (χ1v) is 7.90. The minimum atomic E-state index is -4.93. The van der Waals surface area contributed by atoms with Crippen LogP contribution in [0.25, 0.3) is 0 Å². The topological polar surface area (TPSA) is 49.7 Å². The Kier molecular flexibility index (Phi) is 5.74. The van der Waals surface area contributed by atoms with E-state index in [9.17, 15) is 26.9 Å². The van der Waals surface area contributed by atoms with E-state index in [0.717, 1.165) is 6.07 Å². The number of hydrogen-bond acceptors (Lipinski definition) is 2. The third-order valence-electron chi connectivity index (χ3n) is 3.02. The van der Waals surface area contributed by atoms with E-state index in [1.54, 1.807) is 20.8 Å². The molecule has 0 fully saturated rings. The van der Waals surface area contributed by atoms with E-state index in [1.165, 1.54) is 18.2 Å². The van der Waals surface area contributed by atoms with Crippen LogP contribution in [0, 0.1) is 5.82 Å². The van der Waals surface area contributed by atoms with E-state index >= 15 is 0 Å². The lowest BCUT2D eigenvalue weighted by Gasteiger charge is -2.27. The second kappa shape index (κ2) is 6.68. The van der Waals surface area contributed by atoms with Gasteiger partial charge in [-0.1, -0.05) is 18.2 Å². The third-order valence-corrected chi connectivity index (χ3v) is 4.46. The van der Waals surface area contributed by atoms with E-state index in [2.05, 4.69) is 4.40 Å². The molecule has 0 unspecified atom stereocenters. The molecule has 0 aliphatic carbocycles. The number of alkyl halides is 3. The Bertz CT molecular complexity index is 619. The van der Waals surface area contributed by atoms with Crippen LogP contribution in [0.4, 0.5) is 17.6 Å². The van der Waals surface area contributed by atoms with E-state index in [0.29, 0.717) is 6.92 Å². The Morgan fingerprint density at radius 2 is 1.70 bits per heavy atom. The summed E-state index contributed by atoms with van der Waals surface area (Å²) in [4.78, 5) is 0. The predicted molar refractivity (Wildman–Crippen MR) is 82.1 cm³/mol. The van der Waals surface area contributed by atoms with Crippen LogP contribution in [-0.2, 0) is 11.0 Å². The molecule has 0 aromatic heterocycles. The predicted octanol–water partition coefficient (Wildman–Crippen LogP) is 3.78. The van der Waals surface area contributed by atoms with Gasteiger partial charge in [0.25, 0.3) is 0 Å². The molecular formula is C15H19F4NO2S. The van der Waals surface area contributed by atoms with Crippen LogP contribution in [0.1, 0.15) is 39.7 Å². The van der Waals surface area contributed by atoms with Crippen LogP contribution in [-0.4, -0.2) is 31.6 Å². The van der Waals surface area contributed by atoms with Crippen molar-refractivity contribution in [2.24, 2.45) is 4.40 Å². The van der Waals surface area contributed by atoms with Gasteiger partial charge >= 0.3 is 6.18 Å². The van der Waals surface area contributed by atoms with Gasteiger partial charge in [0, 0.05) is 12.0 Å². The fourth-order valence-corrected chi connectivity index (χ4v) is 2.17. The maximum Gasteiger partial charge on any atom is 0.417 e. The monoisotopic (exact) mass is 353 g/mol. The van der Waals surface area contributed by atoms with Gasteiger partial charge in [-0.2, -0.15) is 17.6 Å². The molecule has 1 aromatic carbocycles. The SMILES string of the molecule is CC(C)(C)[S@@](=O)/N=C(\C[C@](C)(O)C(F)(F)F)c1ccccc1F. The largest absolute Gasteiger partial charge is 0.417 e. The Labute approximate surface area is 135 Å². The summed E-state index contributed by atoms with van der Waals surface area (Å²) in [5, 5.41) is 9.66. The highest BCUT2D eigenvalue weighted by Crippen LogP contribution is 2.34. The summed E-state index contributed by atoms with van der Waals surface area (Å²) in [7, 11) is -1.89. The first kappa shape index (κ1) is 19.8. The Hall–Kier alpha value is -1.28. The highest BCUT2D eigenvalue weighted by atomic mass is 32.2. The number of halogens is 4. The van der Waals surface area contributed by atoms with Crippen molar-refractivity contribution < 1.29 is 26.9 Å². The minimum absolute atomic E-state index is 0.213. The molecule has 0 spiro atoms. The average molecular weight is 353 g/mol. The maximum atomic E-state index is 13.9. The highest BCUT2D eigenvalue weighted by Gasteiger charge is 2.50. The van der Waals surface area contributed by atoms with Gasteiger partial charge in [0.15, 0.2) is 5.60 Å². The molecule has 1 rings (SSSR count). The second-order valence-electron chi connectivity index (χ2n) is 6.33. The molecule has 0 saturated carbocycles. The lowest BCUT2D eigenvalue weighted by atomic mass is 9.94. The van der Waals surface area contributed by atoms with Gasteiger partial charge in [0.05, 0.1) is 10.5 Å². The van der Waals surface area contributed by atoms with Crippen LogP contribution in [0.2, 0.25) is 0 Å². The Morgan fingerprint density at radius 3 is 2.13 bits per heavy atom. The summed E-state index contributed by atoms with van der Waals surface area (Å²) in [6.45, 7) is 5.35. The number of hydrogen-bond donors (Lipinski definition) is 1. The van der Waals surface area contributed by atoms with Crippen molar-refractivity contribution in [1.82, 2.24) is 0 Å². The molecule has 0 bridgehead atoms. The maximum absolute atomic E-state index is 13.9. The molecule has 0 saturated heterocycles. The molecular weight excluding hydrogens is 334 g/mol. The second-order valence-corrected chi connectivity index (χ2v) is 8.23. The number of aliphatic hydroxyl groups is 1. The summed E-state index contributed by atoms with van der Waals surface area (Å²) < 4.78 is 67.7. The van der Waals surface area contributed by atoms with Crippen molar-refractivity contribution in [3.8, 4) is 0 Å². The van der Waals surface area contributed by atoms with Gasteiger partial charge in [-0.05, 0) is 33.8 Å². The molecule has 0 aliphatic heterocycles. The standard InChI is InChI=1S/C15H19F4NO2S/c1-13(2,3)23(22)20-12(9-14(4,21)15(17,18)19)10-7-5-6-8-11(10)16/h5-8,21H,9H2,1-4H3/b20-12+/t14-,23+/m0/s1. The summed E-state index contributed by atoms with van der Waals surface area (Å²) >= 11 is 0. The quantitative estimate of drug-likeness (QED) is 0.661. The molecule has 0 aliphatic rings. The normalized spacial score (nSPS) is 17.7. The average Bonchev–Trinajstić information content (AvgIpc) is 2.35. The summed E-state index contributed by atoms with van der Waals surface area (Å²) in [5.74, 6) is -0.796. The van der Waals surface area contributed by atoms with Crippen molar-refractivity contribution in [2.75, 3.05) is 0 Å². The minimum Gasteiger partial charge on any atom is -0.380 e. The van der Waals surface area contributed by atoms with Crippen molar-refractivity contribution in [3.63, 3.8) is 0 Å². The fourth-order valence-electron chi connectivity index (χ4n) is 1.54. The van der Waals surface area contributed by atoms with E-state index in [-0.39, 0.29) is 5.56 Å². The molecule has 8 heteroatoms. The lowest BCUT2D eigenvalue weighted by molar-refractivity contribution is -0.249. The number of nitrogens with zero attached hydrogens (tertiary/aromatic N) is 1.